The summed E-state index contributed by atoms with van der Waals surface area (Å²) in [6, 6.07) is 3.91. The van der Waals surface area contributed by atoms with Crippen LogP contribution in [0.15, 0.2) is 12.1 Å². The number of rotatable bonds is 7. The van der Waals surface area contributed by atoms with E-state index >= 15 is 0 Å². The standard InChI is InChI=1S/C17H27FN2/c1-5-19-13(4)15-10-16(18)12(3)9-17(15)20(6-2)11-14-7-8-14/h9-10,13-14,19H,5-8,11H2,1-4H3. The Bertz CT molecular complexity index is 455. The predicted molar refractivity (Wildman–Crippen MR) is 83.8 cm³/mol. The summed E-state index contributed by atoms with van der Waals surface area (Å²) in [5.74, 6) is 0.735. The second-order valence-corrected chi connectivity index (χ2v) is 5.92. The van der Waals surface area contributed by atoms with Crippen molar-refractivity contribution in [2.75, 3.05) is 24.5 Å². The summed E-state index contributed by atoms with van der Waals surface area (Å²) in [5.41, 5.74) is 3.02. The van der Waals surface area contributed by atoms with Gasteiger partial charge in [0.1, 0.15) is 5.82 Å². The van der Waals surface area contributed by atoms with E-state index in [-0.39, 0.29) is 11.9 Å². The highest BCUT2D eigenvalue weighted by molar-refractivity contribution is 5.57. The van der Waals surface area contributed by atoms with Gasteiger partial charge in [-0.15, -0.1) is 0 Å². The van der Waals surface area contributed by atoms with E-state index in [1.807, 2.05) is 13.0 Å². The normalized spacial score (nSPS) is 16.2. The van der Waals surface area contributed by atoms with Crippen LogP contribution in [0.2, 0.25) is 0 Å². The summed E-state index contributed by atoms with van der Waals surface area (Å²) in [5, 5.41) is 3.40. The summed E-state index contributed by atoms with van der Waals surface area (Å²) in [7, 11) is 0. The van der Waals surface area contributed by atoms with Crippen LogP contribution in [0.25, 0.3) is 0 Å². The van der Waals surface area contributed by atoms with Crippen LogP contribution in [0.4, 0.5) is 10.1 Å². The zero-order valence-corrected chi connectivity index (χ0v) is 13.2. The van der Waals surface area contributed by atoms with Crippen LogP contribution in [-0.2, 0) is 0 Å². The quantitative estimate of drug-likeness (QED) is 0.809. The maximum atomic E-state index is 14.0. The van der Waals surface area contributed by atoms with Crippen LogP contribution in [0, 0.1) is 18.7 Å². The molecule has 1 aromatic rings. The highest BCUT2D eigenvalue weighted by atomic mass is 19.1. The zero-order chi connectivity index (χ0) is 14.7. The first-order valence-corrected chi connectivity index (χ1v) is 7.85. The molecule has 20 heavy (non-hydrogen) atoms. The highest BCUT2D eigenvalue weighted by Crippen LogP contribution is 2.34. The Hall–Kier alpha value is -1.09. The van der Waals surface area contributed by atoms with E-state index < -0.39 is 0 Å². The van der Waals surface area contributed by atoms with Crippen molar-refractivity contribution >= 4 is 5.69 Å². The van der Waals surface area contributed by atoms with Crippen molar-refractivity contribution in [3.05, 3.63) is 29.1 Å². The van der Waals surface area contributed by atoms with Gasteiger partial charge in [0.2, 0.25) is 0 Å². The monoisotopic (exact) mass is 278 g/mol. The van der Waals surface area contributed by atoms with Crippen molar-refractivity contribution in [1.29, 1.82) is 0 Å². The first-order chi connectivity index (χ1) is 9.56. The Kier molecular flexibility index (Phi) is 5.03. The maximum Gasteiger partial charge on any atom is 0.126 e. The van der Waals surface area contributed by atoms with Crippen LogP contribution in [0.3, 0.4) is 0 Å². The molecule has 1 fully saturated rings. The maximum absolute atomic E-state index is 14.0. The van der Waals surface area contributed by atoms with Crippen LogP contribution in [0.1, 0.15) is 50.8 Å². The minimum Gasteiger partial charge on any atom is -0.371 e. The number of anilines is 1. The number of halogens is 1. The highest BCUT2D eigenvalue weighted by Gasteiger charge is 2.26. The number of benzene rings is 1. The number of hydrogen-bond donors (Lipinski definition) is 1. The van der Waals surface area contributed by atoms with Crippen molar-refractivity contribution in [2.24, 2.45) is 5.92 Å². The van der Waals surface area contributed by atoms with Gasteiger partial charge in [0, 0.05) is 24.8 Å². The van der Waals surface area contributed by atoms with Crippen molar-refractivity contribution in [1.82, 2.24) is 5.32 Å². The van der Waals surface area contributed by atoms with E-state index in [1.165, 1.54) is 18.5 Å². The number of nitrogens with one attached hydrogen (secondary N) is 1. The molecule has 0 saturated heterocycles. The minimum atomic E-state index is -0.101. The fraction of sp³-hybridized carbons (Fsp3) is 0.647. The van der Waals surface area contributed by atoms with Gasteiger partial charge in [0.15, 0.2) is 0 Å². The lowest BCUT2D eigenvalue weighted by molar-refractivity contribution is 0.576. The van der Waals surface area contributed by atoms with Crippen LogP contribution in [-0.4, -0.2) is 19.6 Å². The molecule has 0 bridgehead atoms. The third-order valence-electron chi connectivity index (χ3n) is 4.18. The summed E-state index contributed by atoms with van der Waals surface area (Å²) in [6.45, 7) is 11.2. The van der Waals surface area contributed by atoms with Crippen molar-refractivity contribution in [3.8, 4) is 0 Å². The molecule has 3 heteroatoms. The zero-order valence-electron chi connectivity index (χ0n) is 13.2. The molecule has 1 aliphatic rings. The molecule has 0 aliphatic heterocycles. The molecule has 1 atom stereocenters. The van der Waals surface area contributed by atoms with Gasteiger partial charge < -0.3 is 10.2 Å². The first-order valence-electron chi connectivity index (χ1n) is 7.85. The molecule has 1 aromatic carbocycles. The Morgan fingerprint density at radius 1 is 1.35 bits per heavy atom. The van der Waals surface area contributed by atoms with Gasteiger partial charge in [-0.2, -0.15) is 0 Å². The van der Waals surface area contributed by atoms with Crippen molar-refractivity contribution < 1.29 is 4.39 Å². The van der Waals surface area contributed by atoms with Gasteiger partial charge in [-0.3, -0.25) is 0 Å². The molecule has 112 valence electrons. The molecule has 0 radical (unpaired) electrons. The molecule has 0 amide bonds. The number of nitrogens with zero attached hydrogens (tertiary/aromatic N) is 1. The molecule has 2 rings (SSSR count). The average Bonchev–Trinajstić information content (AvgIpc) is 3.23. The van der Waals surface area contributed by atoms with Gasteiger partial charge in [-0.25, -0.2) is 4.39 Å². The Labute approximate surface area is 122 Å². The summed E-state index contributed by atoms with van der Waals surface area (Å²) in [6.07, 6.45) is 2.68. The van der Waals surface area contributed by atoms with E-state index in [4.69, 9.17) is 0 Å². The lowest BCUT2D eigenvalue weighted by atomic mass is 10.0. The van der Waals surface area contributed by atoms with Crippen LogP contribution in [0.5, 0.6) is 0 Å². The molecule has 1 N–H and O–H groups in total. The minimum absolute atomic E-state index is 0.101. The average molecular weight is 278 g/mol. The third kappa shape index (κ3) is 3.51. The smallest absolute Gasteiger partial charge is 0.126 e. The first kappa shape index (κ1) is 15.3. The Morgan fingerprint density at radius 3 is 2.60 bits per heavy atom. The molecule has 0 aromatic heterocycles. The second kappa shape index (κ2) is 6.57. The lowest BCUT2D eigenvalue weighted by Gasteiger charge is -2.29. The largest absolute Gasteiger partial charge is 0.371 e. The number of aryl methyl sites for hydroxylation is 1. The van der Waals surface area contributed by atoms with Crippen molar-refractivity contribution in [3.63, 3.8) is 0 Å². The van der Waals surface area contributed by atoms with E-state index in [2.05, 4.69) is 31.0 Å². The SMILES string of the molecule is CCNC(C)c1cc(F)c(C)cc1N(CC)CC1CC1. The van der Waals surface area contributed by atoms with Crippen molar-refractivity contribution in [2.45, 2.75) is 46.6 Å². The third-order valence-corrected chi connectivity index (χ3v) is 4.18. The van der Waals surface area contributed by atoms with Gasteiger partial charge in [0.05, 0.1) is 0 Å². The molecular formula is C17H27FN2. The fourth-order valence-electron chi connectivity index (χ4n) is 2.73. The van der Waals surface area contributed by atoms with E-state index in [0.717, 1.165) is 36.7 Å². The Balaban J connectivity index is 2.33. The van der Waals surface area contributed by atoms with Gasteiger partial charge in [0.25, 0.3) is 0 Å². The van der Waals surface area contributed by atoms with Crippen LogP contribution >= 0.6 is 0 Å². The molecule has 0 spiro atoms. The van der Waals surface area contributed by atoms with Gasteiger partial charge in [-0.05, 0) is 69.3 Å². The molecular weight excluding hydrogens is 251 g/mol. The van der Waals surface area contributed by atoms with Crippen LogP contribution < -0.4 is 10.2 Å². The molecule has 1 saturated carbocycles. The molecule has 1 aliphatic carbocycles. The van der Waals surface area contributed by atoms with E-state index in [9.17, 15) is 4.39 Å². The van der Waals surface area contributed by atoms with Gasteiger partial charge in [-0.1, -0.05) is 6.92 Å². The summed E-state index contributed by atoms with van der Waals surface area (Å²) < 4.78 is 14.0. The summed E-state index contributed by atoms with van der Waals surface area (Å²) in [4.78, 5) is 2.41. The molecule has 0 heterocycles. The molecule has 1 unspecified atom stereocenters. The Morgan fingerprint density at radius 2 is 2.05 bits per heavy atom. The molecule has 2 nitrogen and oxygen atoms in total. The second-order valence-electron chi connectivity index (χ2n) is 5.92. The van der Waals surface area contributed by atoms with E-state index in [0.29, 0.717) is 0 Å². The lowest BCUT2D eigenvalue weighted by Crippen LogP contribution is -2.28. The van der Waals surface area contributed by atoms with Gasteiger partial charge >= 0.3 is 0 Å². The fourth-order valence-corrected chi connectivity index (χ4v) is 2.73. The summed E-state index contributed by atoms with van der Waals surface area (Å²) >= 11 is 0. The number of hydrogen-bond acceptors (Lipinski definition) is 2. The van der Waals surface area contributed by atoms with E-state index in [1.54, 1.807) is 6.07 Å². The predicted octanol–water partition coefficient (Wildman–Crippen LogP) is 4.04. The topological polar surface area (TPSA) is 15.3 Å².